The van der Waals surface area contributed by atoms with Gasteiger partial charge in [-0.3, -0.25) is 9.59 Å². The molecule has 2 aromatic carbocycles. The third-order valence-electron chi connectivity index (χ3n) is 3.94. The first-order chi connectivity index (χ1) is 12.4. The summed E-state index contributed by atoms with van der Waals surface area (Å²) in [4.78, 5) is 25.7. The molecule has 0 aliphatic carbocycles. The van der Waals surface area contributed by atoms with E-state index in [1.54, 1.807) is 25.3 Å². The van der Waals surface area contributed by atoms with Crippen LogP contribution in [0, 0.1) is 6.92 Å². The highest BCUT2D eigenvalue weighted by Gasteiger charge is 2.15. The molecule has 0 spiro atoms. The minimum absolute atomic E-state index is 0.0302. The highest BCUT2D eigenvalue weighted by molar-refractivity contribution is 5.94. The van der Waals surface area contributed by atoms with Crippen molar-refractivity contribution in [1.82, 2.24) is 4.90 Å². The van der Waals surface area contributed by atoms with Gasteiger partial charge in [0.25, 0.3) is 0 Å². The predicted octanol–water partition coefficient (Wildman–Crippen LogP) is 3.00. The normalized spacial score (nSPS) is 10.2. The van der Waals surface area contributed by atoms with Crippen molar-refractivity contribution in [1.29, 1.82) is 0 Å². The fourth-order valence-corrected chi connectivity index (χ4v) is 2.48. The first-order valence-electron chi connectivity index (χ1n) is 8.26. The second-order valence-electron chi connectivity index (χ2n) is 5.98. The predicted molar refractivity (Wildman–Crippen MR) is 100 cm³/mol. The zero-order valence-corrected chi connectivity index (χ0v) is 15.5. The smallest absolute Gasteiger partial charge is 0.244 e. The van der Waals surface area contributed by atoms with E-state index in [0.717, 1.165) is 11.1 Å². The van der Waals surface area contributed by atoms with Gasteiger partial charge in [-0.25, -0.2) is 0 Å². The van der Waals surface area contributed by atoms with Crippen LogP contribution in [0.2, 0.25) is 0 Å². The second kappa shape index (κ2) is 8.89. The lowest BCUT2D eigenvalue weighted by atomic mass is 10.1. The zero-order valence-electron chi connectivity index (χ0n) is 15.5. The van der Waals surface area contributed by atoms with E-state index in [-0.39, 0.29) is 18.4 Å². The molecule has 0 saturated carbocycles. The quantitative estimate of drug-likeness (QED) is 0.828. The number of rotatable bonds is 7. The van der Waals surface area contributed by atoms with Gasteiger partial charge in [0.05, 0.1) is 14.2 Å². The molecule has 2 aromatic rings. The van der Waals surface area contributed by atoms with Crippen molar-refractivity contribution in [2.24, 2.45) is 0 Å². The van der Waals surface area contributed by atoms with Crippen LogP contribution in [-0.4, -0.2) is 37.5 Å². The Hall–Kier alpha value is -3.02. The molecule has 26 heavy (non-hydrogen) atoms. The zero-order chi connectivity index (χ0) is 19.1. The standard InChI is InChI=1S/C20H24N2O4/c1-14-5-7-16(8-6-14)12-22(15(2)23)13-20(24)21-17-9-10-18(25-3)19(11-17)26-4/h5-11H,12-13H2,1-4H3,(H,21,24). The van der Waals surface area contributed by atoms with E-state index in [2.05, 4.69) is 5.32 Å². The van der Waals surface area contributed by atoms with Crippen molar-refractivity contribution in [3.63, 3.8) is 0 Å². The van der Waals surface area contributed by atoms with Crippen LogP contribution in [-0.2, 0) is 16.1 Å². The van der Waals surface area contributed by atoms with Gasteiger partial charge in [-0.1, -0.05) is 29.8 Å². The molecular weight excluding hydrogens is 332 g/mol. The molecule has 0 radical (unpaired) electrons. The summed E-state index contributed by atoms with van der Waals surface area (Å²) in [7, 11) is 3.08. The number of amides is 2. The molecule has 0 atom stereocenters. The van der Waals surface area contributed by atoms with Crippen LogP contribution < -0.4 is 14.8 Å². The van der Waals surface area contributed by atoms with Gasteiger partial charge in [-0.2, -0.15) is 0 Å². The van der Waals surface area contributed by atoms with Crippen molar-refractivity contribution < 1.29 is 19.1 Å². The van der Waals surface area contributed by atoms with Gasteiger partial charge in [0.2, 0.25) is 11.8 Å². The monoisotopic (exact) mass is 356 g/mol. The Labute approximate surface area is 153 Å². The summed E-state index contributed by atoms with van der Waals surface area (Å²) in [5.74, 6) is 0.663. The number of carbonyl (C=O) groups is 2. The van der Waals surface area contributed by atoms with Gasteiger partial charge in [-0.15, -0.1) is 0 Å². The summed E-state index contributed by atoms with van der Waals surface area (Å²) in [6.07, 6.45) is 0. The van der Waals surface area contributed by atoms with Crippen molar-refractivity contribution in [3.8, 4) is 11.5 Å². The molecule has 2 rings (SSSR count). The Kier molecular flexibility index (Phi) is 6.60. The number of nitrogens with zero attached hydrogens (tertiary/aromatic N) is 1. The van der Waals surface area contributed by atoms with Crippen molar-refractivity contribution >= 4 is 17.5 Å². The Balaban J connectivity index is 2.03. The maximum atomic E-state index is 12.3. The summed E-state index contributed by atoms with van der Waals surface area (Å²) >= 11 is 0. The molecule has 0 aliphatic heterocycles. The number of ether oxygens (including phenoxy) is 2. The molecule has 138 valence electrons. The van der Waals surface area contributed by atoms with Gasteiger partial charge < -0.3 is 19.7 Å². The van der Waals surface area contributed by atoms with E-state index in [9.17, 15) is 9.59 Å². The molecule has 0 fully saturated rings. The average molecular weight is 356 g/mol. The third-order valence-corrected chi connectivity index (χ3v) is 3.94. The van der Waals surface area contributed by atoms with Crippen LogP contribution in [0.1, 0.15) is 18.1 Å². The minimum atomic E-state index is -0.278. The highest BCUT2D eigenvalue weighted by Crippen LogP contribution is 2.29. The van der Waals surface area contributed by atoms with Gasteiger partial charge in [0, 0.05) is 25.2 Å². The molecule has 6 heteroatoms. The fourth-order valence-electron chi connectivity index (χ4n) is 2.48. The SMILES string of the molecule is COc1ccc(NC(=O)CN(Cc2ccc(C)cc2)C(C)=O)cc1OC. The number of nitrogens with one attached hydrogen (secondary N) is 1. The Morgan fingerprint density at radius 3 is 2.23 bits per heavy atom. The average Bonchev–Trinajstić information content (AvgIpc) is 2.62. The van der Waals surface area contributed by atoms with Gasteiger partial charge in [0.1, 0.15) is 6.54 Å². The molecular formula is C20H24N2O4. The lowest BCUT2D eigenvalue weighted by molar-refractivity contribution is -0.133. The van der Waals surface area contributed by atoms with Gasteiger partial charge >= 0.3 is 0 Å². The maximum Gasteiger partial charge on any atom is 0.244 e. The van der Waals surface area contributed by atoms with Crippen LogP contribution in [0.3, 0.4) is 0 Å². The molecule has 6 nitrogen and oxygen atoms in total. The Morgan fingerprint density at radius 1 is 1.00 bits per heavy atom. The van der Waals surface area contributed by atoms with Crippen molar-refractivity contribution in [2.45, 2.75) is 20.4 Å². The number of aryl methyl sites for hydroxylation is 1. The minimum Gasteiger partial charge on any atom is -0.493 e. The van der Waals surface area contributed by atoms with E-state index in [0.29, 0.717) is 23.7 Å². The number of anilines is 1. The number of hydrogen-bond donors (Lipinski definition) is 1. The van der Waals surface area contributed by atoms with Crippen molar-refractivity contribution in [3.05, 3.63) is 53.6 Å². The first kappa shape index (κ1) is 19.3. The van der Waals surface area contributed by atoms with E-state index >= 15 is 0 Å². The first-order valence-corrected chi connectivity index (χ1v) is 8.26. The molecule has 2 amide bonds. The van der Waals surface area contributed by atoms with E-state index in [1.165, 1.54) is 18.9 Å². The summed E-state index contributed by atoms with van der Waals surface area (Å²) in [6, 6.07) is 13.0. The molecule has 0 aromatic heterocycles. The molecule has 1 N–H and O–H groups in total. The largest absolute Gasteiger partial charge is 0.493 e. The highest BCUT2D eigenvalue weighted by atomic mass is 16.5. The summed E-state index contributed by atoms with van der Waals surface area (Å²) in [5, 5.41) is 2.78. The number of methoxy groups -OCH3 is 2. The maximum absolute atomic E-state index is 12.3. The van der Waals surface area contributed by atoms with E-state index in [1.807, 2.05) is 31.2 Å². The van der Waals surface area contributed by atoms with Crippen LogP contribution in [0.15, 0.2) is 42.5 Å². The molecule has 0 saturated heterocycles. The molecule has 0 bridgehead atoms. The fraction of sp³-hybridized carbons (Fsp3) is 0.300. The summed E-state index contributed by atoms with van der Waals surface area (Å²) in [5.41, 5.74) is 2.70. The topological polar surface area (TPSA) is 67.9 Å². The molecule has 0 unspecified atom stereocenters. The molecule has 0 aliphatic rings. The van der Waals surface area contributed by atoms with Crippen LogP contribution in [0.5, 0.6) is 11.5 Å². The lowest BCUT2D eigenvalue weighted by Gasteiger charge is -2.21. The number of hydrogen-bond acceptors (Lipinski definition) is 4. The van der Waals surface area contributed by atoms with Gasteiger partial charge in [-0.05, 0) is 24.6 Å². The third kappa shape index (κ3) is 5.24. The van der Waals surface area contributed by atoms with Gasteiger partial charge in [0.15, 0.2) is 11.5 Å². The molecule has 0 heterocycles. The summed E-state index contributed by atoms with van der Waals surface area (Å²) < 4.78 is 10.4. The van der Waals surface area contributed by atoms with Crippen LogP contribution in [0.25, 0.3) is 0 Å². The van der Waals surface area contributed by atoms with Crippen LogP contribution in [0.4, 0.5) is 5.69 Å². The lowest BCUT2D eigenvalue weighted by Crippen LogP contribution is -2.36. The summed E-state index contributed by atoms with van der Waals surface area (Å²) in [6.45, 7) is 3.81. The Morgan fingerprint density at radius 2 is 1.65 bits per heavy atom. The van der Waals surface area contributed by atoms with E-state index in [4.69, 9.17) is 9.47 Å². The number of carbonyl (C=O) groups excluding carboxylic acids is 2. The van der Waals surface area contributed by atoms with E-state index < -0.39 is 0 Å². The second-order valence-corrected chi connectivity index (χ2v) is 5.98. The van der Waals surface area contributed by atoms with Crippen molar-refractivity contribution in [2.75, 3.05) is 26.1 Å². The van der Waals surface area contributed by atoms with Crippen LogP contribution >= 0.6 is 0 Å². The Bertz CT molecular complexity index is 772. The number of benzene rings is 2.